The molecular formula is C14H17IN2O. The minimum absolute atomic E-state index is 0.0896. The van der Waals surface area contributed by atoms with Crippen LogP contribution in [-0.2, 0) is 0 Å². The molecule has 1 unspecified atom stereocenters. The van der Waals surface area contributed by atoms with Gasteiger partial charge in [0.25, 0.3) is 0 Å². The predicted octanol–water partition coefficient (Wildman–Crippen LogP) is 3.34. The Morgan fingerprint density at radius 1 is 1.44 bits per heavy atom. The fourth-order valence-corrected chi connectivity index (χ4v) is 2.65. The predicted molar refractivity (Wildman–Crippen MR) is 83.1 cm³/mol. The summed E-state index contributed by atoms with van der Waals surface area (Å²) in [6.45, 7) is 4.86. The Morgan fingerprint density at radius 3 is 2.89 bits per heavy atom. The van der Waals surface area contributed by atoms with Crippen LogP contribution in [0.2, 0.25) is 0 Å². The zero-order valence-corrected chi connectivity index (χ0v) is 12.7. The highest BCUT2D eigenvalue weighted by atomic mass is 127. The molecule has 4 heteroatoms. The van der Waals surface area contributed by atoms with Gasteiger partial charge >= 0.3 is 0 Å². The molecule has 1 aromatic carbocycles. The first kappa shape index (κ1) is 13.5. The average molecular weight is 356 g/mol. The van der Waals surface area contributed by atoms with E-state index in [-0.39, 0.29) is 11.8 Å². The van der Waals surface area contributed by atoms with Crippen LogP contribution in [0.3, 0.4) is 0 Å². The highest BCUT2D eigenvalue weighted by Crippen LogP contribution is 2.22. The number of carbonyl (C=O) groups is 1. The Balaban J connectivity index is 2.38. The van der Waals surface area contributed by atoms with Gasteiger partial charge in [-0.25, -0.2) is 0 Å². The molecule has 0 saturated heterocycles. The molecule has 0 spiro atoms. The highest BCUT2D eigenvalue weighted by molar-refractivity contribution is 14.1. The largest absolute Gasteiger partial charge is 0.360 e. The van der Waals surface area contributed by atoms with Gasteiger partial charge in [-0.3, -0.25) is 4.79 Å². The Kier molecular flexibility index (Phi) is 4.40. The minimum atomic E-state index is -0.0896. The number of ketones is 1. The molecule has 1 atom stereocenters. The molecule has 3 nitrogen and oxygen atoms in total. The van der Waals surface area contributed by atoms with Gasteiger partial charge in [-0.15, -0.1) is 0 Å². The number of nitrogens with one attached hydrogen (secondary N) is 2. The maximum absolute atomic E-state index is 12.4. The molecule has 2 rings (SSSR count). The molecule has 2 N–H and O–H groups in total. The average Bonchev–Trinajstić information content (AvgIpc) is 2.77. The normalized spacial score (nSPS) is 12.8. The van der Waals surface area contributed by atoms with Gasteiger partial charge in [-0.05, 0) is 47.7 Å². The summed E-state index contributed by atoms with van der Waals surface area (Å²) >= 11 is 2.27. The molecule has 96 valence electrons. The van der Waals surface area contributed by atoms with Gasteiger partial charge in [0.05, 0.1) is 6.04 Å². The van der Waals surface area contributed by atoms with Crippen molar-refractivity contribution >= 4 is 39.3 Å². The third-order valence-corrected chi connectivity index (χ3v) is 3.76. The molecular weight excluding hydrogens is 339 g/mol. The first-order valence-corrected chi connectivity index (χ1v) is 7.29. The third-order valence-electron chi connectivity index (χ3n) is 3.08. The molecule has 1 aromatic heterocycles. The van der Waals surface area contributed by atoms with Gasteiger partial charge in [-0.1, -0.05) is 19.9 Å². The molecule has 0 aliphatic carbocycles. The van der Waals surface area contributed by atoms with Crippen molar-refractivity contribution in [3.8, 4) is 0 Å². The third kappa shape index (κ3) is 2.59. The first-order chi connectivity index (χ1) is 8.67. The number of aromatic nitrogens is 1. The standard InChI is InChI=1S/C14H17IN2O/c1-3-12(16-4-2)14(18)11-8-17-13-7-9(15)5-6-10(11)13/h5-8,12,16-17H,3-4H2,1-2H3. The van der Waals surface area contributed by atoms with Crippen LogP contribution in [0.25, 0.3) is 10.9 Å². The van der Waals surface area contributed by atoms with Crippen molar-refractivity contribution in [3.63, 3.8) is 0 Å². The second-order valence-electron chi connectivity index (χ2n) is 4.28. The summed E-state index contributed by atoms with van der Waals surface area (Å²) in [6.07, 6.45) is 2.63. The Hall–Kier alpha value is -0.880. The van der Waals surface area contributed by atoms with Crippen LogP contribution in [0, 0.1) is 3.57 Å². The smallest absolute Gasteiger partial charge is 0.181 e. The van der Waals surface area contributed by atoms with Crippen molar-refractivity contribution in [1.82, 2.24) is 10.3 Å². The van der Waals surface area contributed by atoms with Crippen molar-refractivity contribution in [2.45, 2.75) is 26.3 Å². The summed E-state index contributed by atoms with van der Waals surface area (Å²) in [5.41, 5.74) is 1.81. The monoisotopic (exact) mass is 356 g/mol. The molecule has 18 heavy (non-hydrogen) atoms. The summed E-state index contributed by atoms with van der Waals surface area (Å²) in [6, 6.07) is 6.01. The van der Waals surface area contributed by atoms with Gasteiger partial charge in [0.2, 0.25) is 0 Å². The molecule has 0 aliphatic rings. The Labute approximate surface area is 120 Å². The number of benzene rings is 1. The molecule has 0 radical (unpaired) electrons. The summed E-state index contributed by atoms with van der Waals surface area (Å²) in [5, 5.41) is 4.24. The zero-order valence-electron chi connectivity index (χ0n) is 10.6. The lowest BCUT2D eigenvalue weighted by Crippen LogP contribution is -2.35. The molecule has 0 aliphatic heterocycles. The van der Waals surface area contributed by atoms with Crippen LogP contribution < -0.4 is 5.32 Å². The molecule has 0 saturated carbocycles. The second kappa shape index (κ2) is 5.84. The van der Waals surface area contributed by atoms with E-state index in [0.717, 1.165) is 29.4 Å². The zero-order chi connectivity index (χ0) is 13.1. The van der Waals surface area contributed by atoms with E-state index in [9.17, 15) is 4.79 Å². The molecule has 1 heterocycles. The summed E-state index contributed by atoms with van der Waals surface area (Å²) in [4.78, 5) is 15.6. The first-order valence-electron chi connectivity index (χ1n) is 6.21. The SMILES string of the molecule is CCNC(CC)C(=O)c1c[nH]c2cc(I)ccc12. The number of rotatable bonds is 5. The van der Waals surface area contributed by atoms with Gasteiger partial charge in [-0.2, -0.15) is 0 Å². The molecule has 0 bridgehead atoms. The fourth-order valence-electron chi connectivity index (χ4n) is 2.16. The maximum Gasteiger partial charge on any atom is 0.181 e. The van der Waals surface area contributed by atoms with E-state index in [1.807, 2.05) is 32.2 Å². The van der Waals surface area contributed by atoms with Crippen molar-refractivity contribution < 1.29 is 4.79 Å². The van der Waals surface area contributed by atoms with E-state index < -0.39 is 0 Å². The summed E-state index contributed by atoms with van der Waals surface area (Å²) in [5.74, 6) is 0.173. The van der Waals surface area contributed by atoms with E-state index in [2.05, 4.69) is 39.0 Å². The molecule has 2 aromatic rings. The van der Waals surface area contributed by atoms with Crippen LogP contribution in [0.1, 0.15) is 30.6 Å². The number of hydrogen-bond donors (Lipinski definition) is 2. The van der Waals surface area contributed by atoms with Crippen LogP contribution in [0.5, 0.6) is 0 Å². The van der Waals surface area contributed by atoms with Gasteiger partial charge in [0, 0.05) is 26.2 Å². The lowest BCUT2D eigenvalue weighted by Gasteiger charge is -2.13. The van der Waals surface area contributed by atoms with Gasteiger partial charge in [0.1, 0.15) is 0 Å². The van der Waals surface area contributed by atoms with E-state index in [1.54, 1.807) is 0 Å². The van der Waals surface area contributed by atoms with Crippen LogP contribution >= 0.6 is 22.6 Å². The number of H-pyrrole nitrogens is 1. The van der Waals surface area contributed by atoms with E-state index in [0.29, 0.717) is 0 Å². The molecule has 0 fully saturated rings. The van der Waals surface area contributed by atoms with Crippen molar-refractivity contribution in [2.24, 2.45) is 0 Å². The second-order valence-corrected chi connectivity index (χ2v) is 5.52. The van der Waals surface area contributed by atoms with Crippen LogP contribution in [-0.4, -0.2) is 23.4 Å². The van der Waals surface area contributed by atoms with Gasteiger partial charge in [0.15, 0.2) is 5.78 Å². The van der Waals surface area contributed by atoms with Crippen LogP contribution in [0.15, 0.2) is 24.4 Å². The number of Topliss-reactive ketones (excluding diaryl/α,β-unsaturated/α-hetero) is 1. The Bertz CT molecular complexity index is 562. The van der Waals surface area contributed by atoms with E-state index >= 15 is 0 Å². The quantitative estimate of drug-likeness (QED) is 0.638. The van der Waals surface area contributed by atoms with Crippen molar-refractivity contribution in [2.75, 3.05) is 6.54 Å². The topological polar surface area (TPSA) is 44.9 Å². The minimum Gasteiger partial charge on any atom is -0.360 e. The van der Waals surface area contributed by atoms with E-state index in [4.69, 9.17) is 0 Å². The van der Waals surface area contributed by atoms with Crippen molar-refractivity contribution in [1.29, 1.82) is 0 Å². The fraction of sp³-hybridized carbons (Fsp3) is 0.357. The summed E-state index contributed by atoms with van der Waals surface area (Å²) in [7, 11) is 0. The maximum atomic E-state index is 12.4. The number of hydrogen-bond acceptors (Lipinski definition) is 2. The van der Waals surface area contributed by atoms with Crippen molar-refractivity contribution in [3.05, 3.63) is 33.5 Å². The lowest BCUT2D eigenvalue weighted by atomic mass is 10.0. The number of fused-ring (bicyclic) bond motifs is 1. The number of aromatic amines is 1. The highest BCUT2D eigenvalue weighted by Gasteiger charge is 2.20. The molecule has 0 amide bonds. The number of carbonyl (C=O) groups excluding carboxylic acids is 1. The number of halogens is 1. The Morgan fingerprint density at radius 2 is 2.22 bits per heavy atom. The van der Waals surface area contributed by atoms with Crippen LogP contribution in [0.4, 0.5) is 0 Å². The summed E-state index contributed by atoms with van der Waals surface area (Å²) < 4.78 is 1.17. The number of likely N-dealkylation sites (N-methyl/N-ethyl adjacent to an activating group) is 1. The lowest BCUT2D eigenvalue weighted by molar-refractivity contribution is 0.0943. The van der Waals surface area contributed by atoms with E-state index in [1.165, 1.54) is 3.57 Å². The van der Waals surface area contributed by atoms with Gasteiger partial charge < -0.3 is 10.3 Å².